The van der Waals surface area contributed by atoms with Crippen molar-refractivity contribution in [2.75, 3.05) is 28.2 Å². The number of amides is 4. The Kier molecular flexibility index (Phi) is 5.93. The van der Waals surface area contributed by atoms with Gasteiger partial charge in [-0.2, -0.15) is 0 Å². The number of anilines is 3. The van der Waals surface area contributed by atoms with Crippen LogP contribution in [0.15, 0.2) is 84.9 Å². The molecule has 0 aliphatic carbocycles. The fourth-order valence-electron chi connectivity index (χ4n) is 3.42. The molecule has 0 radical (unpaired) electrons. The third-order valence-electron chi connectivity index (χ3n) is 4.96. The molecule has 0 saturated heterocycles. The molecule has 0 saturated carbocycles. The van der Waals surface area contributed by atoms with Crippen molar-refractivity contribution in [1.29, 1.82) is 0 Å². The minimum absolute atomic E-state index is 0.114. The lowest BCUT2D eigenvalue weighted by Crippen LogP contribution is -2.51. The van der Waals surface area contributed by atoms with Crippen LogP contribution in [-0.4, -0.2) is 30.9 Å². The minimum Gasteiger partial charge on any atom is -0.350 e. The molecule has 0 spiro atoms. The van der Waals surface area contributed by atoms with Gasteiger partial charge in [0, 0.05) is 12.2 Å². The number of carbonyl (C=O) groups is 3. The molecule has 0 atom stereocenters. The van der Waals surface area contributed by atoms with Crippen LogP contribution in [0.4, 0.5) is 21.9 Å². The van der Waals surface area contributed by atoms with Crippen molar-refractivity contribution in [2.24, 2.45) is 0 Å². The molecule has 1 aliphatic rings. The highest BCUT2D eigenvalue weighted by atomic mass is 16.2. The number of fused-ring (bicyclic) bond motifs is 1. The first-order valence-corrected chi connectivity index (χ1v) is 9.95. The van der Waals surface area contributed by atoms with E-state index in [1.165, 1.54) is 9.80 Å². The van der Waals surface area contributed by atoms with E-state index in [1.54, 1.807) is 36.4 Å². The molecule has 3 aromatic rings. The predicted octanol–water partition coefficient (Wildman–Crippen LogP) is 3.39. The smallest absolute Gasteiger partial charge is 0.326 e. The zero-order chi connectivity index (χ0) is 21.6. The second-order valence-corrected chi connectivity index (χ2v) is 7.11. The van der Waals surface area contributed by atoms with Crippen molar-refractivity contribution in [3.63, 3.8) is 0 Å². The summed E-state index contributed by atoms with van der Waals surface area (Å²) >= 11 is 0. The number of nitrogens with one attached hydrogen (secondary N) is 2. The van der Waals surface area contributed by atoms with Crippen LogP contribution in [0.25, 0.3) is 0 Å². The van der Waals surface area contributed by atoms with Crippen molar-refractivity contribution in [3.05, 3.63) is 90.5 Å². The molecule has 0 bridgehead atoms. The third-order valence-corrected chi connectivity index (χ3v) is 4.96. The minimum atomic E-state index is -0.403. The van der Waals surface area contributed by atoms with E-state index in [-0.39, 0.29) is 24.9 Å². The zero-order valence-electron chi connectivity index (χ0n) is 16.8. The largest absolute Gasteiger partial charge is 0.350 e. The van der Waals surface area contributed by atoms with Gasteiger partial charge in [0.25, 0.3) is 0 Å². The molecule has 0 aromatic heterocycles. The van der Waals surface area contributed by atoms with Crippen LogP contribution in [0.1, 0.15) is 5.56 Å². The summed E-state index contributed by atoms with van der Waals surface area (Å²) in [5, 5.41) is 5.64. The Morgan fingerprint density at radius 2 is 1.42 bits per heavy atom. The van der Waals surface area contributed by atoms with Crippen molar-refractivity contribution in [1.82, 2.24) is 5.32 Å². The molecule has 0 fully saturated rings. The number of para-hydroxylation sites is 3. The summed E-state index contributed by atoms with van der Waals surface area (Å²) in [6.07, 6.45) is 0. The van der Waals surface area contributed by atoms with Crippen molar-refractivity contribution < 1.29 is 14.4 Å². The lowest BCUT2D eigenvalue weighted by Gasteiger charge is -2.35. The fraction of sp³-hybridized carbons (Fsp3) is 0.125. The van der Waals surface area contributed by atoms with Crippen LogP contribution in [0.3, 0.4) is 0 Å². The van der Waals surface area contributed by atoms with E-state index in [1.807, 2.05) is 48.5 Å². The summed E-state index contributed by atoms with van der Waals surface area (Å²) in [5.41, 5.74) is 2.72. The maximum Gasteiger partial charge on any atom is 0.326 e. The highest BCUT2D eigenvalue weighted by molar-refractivity contribution is 6.14. The van der Waals surface area contributed by atoms with Crippen molar-refractivity contribution >= 4 is 34.9 Å². The summed E-state index contributed by atoms with van der Waals surface area (Å²) < 4.78 is 0. The molecule has 31 heavy (non-hydrogen) atoms. The molecule has 1 heterocycles. The van der Waals surface area contributed by atoms with Gasteiger partial charge in [-0.25, -0.2) is 4.79 Å². The van der Waals surface area contributed by atoms with Gasteiger partial charge in [-0.05, 0) is 29.8 Å². The van der Waals surface area contributed by atoms with Gasteiger partial charge in [0.15, 0.2) is 0 Å². The predicted molar refractivity (Wildman–Crippen MR) is 120 cm³/mol. The standard InChI is InChI=1S/C24H22N4O3/c29-22(25-15-18-9-3-1-4-10-18)16-27-20-13-7-8-14-21(20)28(17-23(27)30)24(31)26-19-11-5-2-6-12-19/h1-14H,15-17H2,(H,25,29)(H,26,31). The second-order valence-electron chi connectivity index (χ2n) is 7.11. The molecule has 2 N–H and O–H groups in total. The van der Waals surface area contributed by atoms with E-state index in [4.69, 9.17) is 0 Å². The summed E-state index contributed by atoms with van der Waals surface area (Å²) in [6.45, 7) is 0.118. The average Bonchev–Trinajstić information content (AvgIpc) is 2.80. The summed E-state index contributed by atoms with van der Waals surface area (Å²) in [6, 6.07) is 25.3. The van der Waals surface area contributed by atoms with E-state index < -0.39 is 6.03 Å². The number of benzene rings is 3. The molecular weight excluding hydrogens is 392 g/mol. The van der Waals surface area contributed by atoms with E-state index in [9.17, 15) is 14.4 Å². The second kappa shape index (κ2) is 9.13. The van der Waals surface area contributed by atoms with Crippen LogP contribution in [-0.2, 0) is 16.1 Å². The Balaban J connectivity index is 1.48. The molecule has 156 valence electrons. The first kappa shape index (κ1) is 20.2. The highest BCUT2D eigenvalue weighted by Gasteiger charge is 2.33. The topological polar surface area (TPSA) is 81.8 Å². The fourth-order valence-corrected chi connectivity index (χ4v) is 3.42. The Bertz CT molecular complexity index is 1090. The van der Waals surface area contributed by atoms with Crippen LogP contribution in [0, 0.1) is 0 Å². The number of urea groups is 1. The molecule has 7 heteroatoms. The molecule has 3 aromatic carbocycles. The van der Waals surface area contributed by atoms with Gasteiger partial charge in [-0.15, -0.1) is 0 Å². The van der Waals surface area contributed by atoms with Crippen molar-refractivity contribution in [2.45, 2.75) is 6.54 Å². The lowest BCUT2D eigenvalue weighted by molar-refractivity contribution is -0.123. The number of carbonyl (C=O) groups excluding carboxylic acids is 3. The maximum atomic E-state index is 12.9. The van der Waals surface area contributed by atoms with E-state index >= 15 is 0 Å². The number of hydrogen-bond acceptors (Lipinski definition) is 3. The monoisotopic (exact) mass is 414 g/mol. The van der Waals surface area contributed by atoms with Crippen LogP contribution >= 0.6 is 0 Å². The van der Waals surface area contributed by atoms with Gasteiger partial charge in [0.2, 0.25) is 11.8 Å². The summed E-state index contributed by atoms with van der Waals surface area (Å²) in [5.74, 6) is -0.592. The molecule has 1 aliphatic heterocycles. The Morgan fingerprint density at radius 3 is 2.13 bits per heavy atom. The molecule has 7 nitrogen and oxygen atoms in total. The van der Waals surface area contributed by atoms with Gasteiger partial charge in [0.05, 0.1) is 11.4 Å². The lowest BCUT2D eigenvalue weighted by atomic mass is 10.1. The first-order valence-electron chi connectivity index (χ1n) is 9.95. The van der Waals surface area contributed by atoms with E-state index in [0.717, 1.165) is 5.56 Å². The van der Waals surface area contributed by atoms with Gasteiger partial charge >= 0.3 is 6.03 Å². The molecule has 4 rings (SSSR count). The van der Waals surface area contributed by atoms with Gasteiger partial charge in [-0.3, -0.25) is 19.4 Å². The normalized spacial score (nSPS) is 12.8. The van der Waals surface area contributed by atoms with Crippen molar-refractivity contribution in [3.8, 4) is 0 Å². The van der Waals surface area contributed by atoms with E-state index in [0.29, 0.717) is 23.6 Å². The number of hydrogen-bond donors (Lipinski definition) is 2. The van der Waals surface area contributed by atoms with Crippen LogP contribution in [0.5, 0.6) is 0 Å². The average molecular weight is 414 g/mol. The third kappa shape index (κ3) is 4.72. The SMILES string of the molecule is O=C(CN1C(=O)CN(C(=O)Nc2ccccc2)c2ccccc21)NCc1ccccc1. The van der Waals surface area contributed by atoms with Crippen LogP contribution < -0.4 is 20.4 Å². The zero-order valence-corrected chi connectivity index (χ0v) is 16.8. The Labute approximate surface area is 180 Å². The Hall–Kier alpha value is -4.13. The summed E-state index contributed by atoms with van der Waals surface area (Å²) in [4.78, 5) is 41.0. The van der Waals surface area contributed by atoms with E-state index in [2.05, 4.69) is 10.6 Å². The van der Waals surface area contributed by atoms with Crippen LogP contribution in [0.2, 0.25) is 0 Å². The van der Waals surface area contributed by atoms with Gasteiger partial charge in [0.1, 0.15) is 13.1 Å². The molecule has 0 unspecified atom stereocenters. The first-order chi connectivity index (χ1) is 15.1. The number of nitrogens with zero attached hydrogens (tertiary/aromatic N) is 2. The molecular formula is C24H22N4O3. The highest BCUT2D eigenvalue weighted by Crippen LogP contribution is 2.33. The Morgan fingerprint density at radius 1 is 0.806 bits per heavy atom. The maximum absolute atomic E-state index is 12.9. The van der Waals surface area contributed by atoms with Gasteiger partial charge in [-0.1, -0.05) is 60.7 Å². The quantitative estimate of drug-likeness (QED) is 0.672. The molecule has 4 amide bonds. The number of rotatable bonds is 5. The van der Waals surface area contributed by atoms with Gasteiger partial charge < -0.3 is 10.6 Å². The summed E-state index contributed by atoms with van der Waals surface area (Å²) in [7, 11) is 0.